The molecule has 0 spiro atoms. The van der Waals surface area contributed by atoms with Crippen molar-refractivity contribution in [2.75, 3.05) is 17.5 Å². The van der Waals surface area contributed by atoms with E-state index in [0.29, 0.717) is 18.8 Å². The third kappa shape index (κ3) is 9.65. The van der Waals surface area contributed by atoms with Crippen molar-refractivity contribution in [1.82, 2.24) is 10.2 Å². The topological polar surface area (TPSA) is 96.0 Å². The lowest BCUT2D eigenvalue weighted by Gasteiger charge is -2.34. The van der Waals surface area contributed by atoms with Gasteiger partial charge in [-0.2, -0.15) is 0 Å². The number of anilines is 1. The lowest BCUT2D eigenvalue weighted by molar-refractivity contribution is -0.140. The second kappa shape index (κ2) is 16.6. The molecule has 4 aromatic rings. The van der Waals surface area contributed by atoms with Crippen molar-refractivity contribution >= 4 is 43.5 Å². The van der Waals surface area contributed by atoms with Crippen molar-refractivity contribution in [2.24, 2.45) is 0 Å². The fourth-order valence-corrected chi connectivity index (χ4v) is 6.83. The Morgan fingerprint density at radius 3 is 2.17 bits per heavy atom. The largest absolute Gasteiger partial charge is 0.494 e. The van der Waals surface area contributed by atoms with Crippen LogP contribution in [-0.2, 0) is 32.6 Å². The van der Waals surface area contributed by atoms with Gasteiger partial charge in [0.2, 0.25) is 11.8 Å². The van der Waals surface area contributed by atoms with E-state index >= 15 is 0 Å². The van der Waals surface area contributed by atoms with Crippen LogP contribution in [0, 0.1) is 5.82 Å². The number of benzene rings is 4. The zero-order chi connectivity index (χ0) is 34.0. The van der Waals surface area contributed by atoms with Crippen LogP contribution >= 0.6 is 15.9 Å². The fourth-order valence-electron chi connectivity index (χ4n) is 4.96. The summed E-state index contributed by atoms with van der Waals surface area (Å²) in [6, 6.07) is 26.4. The number of halogens is 2. The molecule has 2 amide bonds. The molecule has 0 heterocycles. The maximum atomic E-state index is 14.6. The van der Waals surface area contributed by atoms with Gasteiger partial charge < -0.3 is 15.0 Å². The molecule has 0 saturated carbocycles. The summed E-state index contributed by atoms with van der Waals surface area (Å²) in [5.74, 6) is -1.00. The first-order valence-electron chi connectivity index (χ1n) is 15.4. The van der Waals surface area contributed by atoms with E-state index in [9.17, 15) is 22.4 Å². The average Bonchev–Trinajstić information content (AvgIpc) is 3.06. The number of amides is 2. The van der Waals surface area contributed by atoms with Crippen LogP contribution in [0.15, 0.2) is 112 Å². The molecule has 4 rings (SSSR count). The van der Waals surface area contributed by atoms with Crippen LogP contribution in [0.25, 0.3) is 0 Å². The van der Waals surface area contributed by atoms with Gasteiger partial charge in [0.05, 0.1) is 17.2 Å². The summed E-state index contributed by atoms with van der Waals surface area (Å²) in [5.41, 5.74) is 1.79. The highest BCUT2D eigenvalue weighted by Crippen LogP contribution is 2.27. The van der Waals surface area contributed by atoms with Gasteiger partial charge in [0.15, 0.2) is 0 Å². The molecule has 0 unspecified atom stereocenters. The first-order valence-corrected chi connectivity index (χ1v) is 17.6. The molecule has 0 aromatic heterocycles. The Labute approximate surface area is 284 Å². The highest BCUT2D eigenvalue weighted by atomic mass is 79.9. The predicted molar refractivity (Wildman–Crippen MR) is 185 cm³/mol. The van der Waals surface area contributed by atoms with E-state index in [0.717, 1.165) is 44.2 Å². The Morgan fingerprint density at radius 2 is 1.55 bits per heavy atom. The number of hydrogen-bond acceptors (Lipinski definition) is 5. The van der Waals surface area contributed by atoms with Crippen LogP contribution in [0.3, 0.4) is 0 Å². The molecule has 0 aliphatic carbocycles. The monoisotopic (exact) mass is 723 g/mol. The second-order valence-electron chi connectivity index (χ2n) is 11.1. The highest BCUT2D eigenvalue weighted by Gasteiger charge is 2.35. The molecule has 0 bridgehead atoms. The van der Waals surface area contributed by atoms with E-state index in [2.05, 4.69) is 21.2 Å². The summed E-state index contributed by atoms with van der Waals surface area (Å²) in [6.45, 7) is 5.51. The number of ether oxygens (including phenoxy) is 1. The van der Waals surface area contributed by atoms with Crippen LogP contribution in [0.4, 0.5) is 10.1 Å². The van der Waals surface area contributed by atoms with E-state index in [4.69, 9.17) is 4.74 Å². The van der Waals surface area contributed by atoms with Crippen molar-refractivity contribution in [3.05, 3.63) is 125 Å². The molecule has 0 radical (unpaired) electrons. The summed E-state index contributed by atoms with van der Waals surface area (Å²) in [4.78, 5) is 29.7. The zero-order valence-corrected chi connectivity index (χ0v) is 29.0. The Bertz CT molecular complexity index is 1740. The summed E-state index contributed by atoms with van der Waals surface area (Å²) in [7, 11) is -4.36. The second-order valence-corrected chi connectivity index (χ2v) is 13.8. The van der Waals surface area contributed by atoms with E-state index in [1.165, 1.54) is 4.90 Å². The minimum Gasteiger partial charge on any atom is -0.494 e. The van der Waals surface area contributed by atoms with Crippen molar-refractivity contribution in [3.63, 3.8) is 0 Å². The number of nitrogens with one attached hydrogen (secondary N) is 1. The van der Waals surface area contributed by atoms with Gasteiger partial charge in [-0.1, -0.05) is 65.3 Å². The van der Waals surface area contributed by atoms with Crippen molar-refractivity contribution in [1.29, 1.82) is 0 Å². The standard InChI is InChI=1S/C36H39BrFN3O5S/c1-4-26(3)39-36(43)34(23-27-10-7-6-8-11-27)40(24-28-12-9-13-29(37)22-28)35(42)25-41(31-16-18-32(19-17-31)46-5-2)47(44,45)33-20-14-30(38)15-21-33/h6-22,26,34H,4-5,23-25H2,1-3H3,(H,39,43)/t26-,34-/m0/s1. The SMILES string of the molecule is CCOc1ccc(N(CC(=O)N(Cc2cccc(Br)c2)[C@@H](Cc2ccccc2)C(=O)N[C@@H](C)CC)S(=O)(=O)c2ccc(F)cc2)cc1. The lowest BCUT2D eigenvalue weighted by atomic mass is 10.0. The van der Waals surface area contributed by atoms with Crippen LogP contribution in [0.2, 0.25) is 0 Å². The van der Waals surface area contributed by atoms with Gasteiger partial charge in [-0.15, -0.1) is 0 Å². The molecule has 2 atom stereocenters. The fraction of sp³-hybridized carbons (Fsp3) is 0.278. The Morgan fingerprint density at radius 1 is 0.894 bits per heavy atom. The molecule has 4 aromatic carbocycles. The normalized spacial score (nSPS) is 12.5. The summed E-state index contributed by atoms with van der Waals surface area (Å²) in [6.07, 6.45) is 0.890. The highest BCUT2D eigenvalue weighted by molar-refractivity contribution is 9.10. The first-order chi connectivity index (χ1) is 22.5. The summed E-state index contributed by atoms with van der Waals surface area (Å²) < 4.78 is 49.3. The van der Waals surface area contributed by atoms with Crippen molar-refractivity contribution in [2.45, 2.75) is 57.1 Å². The number of hydrogen-bond donors (Lipinski definition) is 1. The molecule has 0 fully saturated rings. The zero-order valence-electron chi connectivity index (χ0n) is 26.6. The van der Waals surface area contributed by atoms with E-state index in [1.807, 2.05) is 75.4 Å². The third-order valence-corrected chi connectivity index (χ3v) is 9.91. The Hall–Kier alpha value is -4.22. The lowest BCUT2D eigenvalue weighted by Crippen LogP contribution is -2.54. The third-order valence-electron chi connectivity index (χ3n) is 7.63. The number of rotatable bonds is 15. The van der Waals surface area contributed by atoms with Gasteiger partial charge in [-0.3, -0.25) is 13.9 Å². The van der Waals surface area contributed by atoms with Gasteiger partial charge in [-0.05, 0) is 92.1 Å². The molecule has 11 heteroatoms. The van der Waals surface area contributed by atoms with E-state index < -0.39 is 34.3 Å². The minimum atomic E-state index is -4.36. The summed E-state index contributed by atoms with van der Waals surface area (Å²) >= 11 is 3.49. The maximum absolute atomic E-state index is 14.6. The molecule has 0 saturated heterocycles. The van der Waals surface area contributed by atoms with Crippen LogP contribution in [-0.4, -0.2) is 50.4 Å². The smallest absolute Gasteiger partial charge is 0.264 e. The first kappa shape index (κ1) is 35.6. The van der Waals surface area contributed by atoms with Crippen molar-refractivity contribution in [3.8, 4) is 5.75 Å². The molecule has 248 valence electrons. The van der Waals surface area contributed by atoms with Crippen LogP contribution < -0.4 is 14.4 Å². The number of sulfonamides is 1. The molecule has 0 aliphatic heterocycles. The van der Waals surface area contributed by atoms with Gasteiger partial charge in [-0.25, -0.2) is 12.8 Å². The maximum Gasteiger partial charge on any atom is 0.264 e. The Kier molecular flexibility index (Phi) is 12.6. The van der Waals surface area contributed by atoms with Gasteiger partial charge in [0.25, 0.3) is 10.0 Å². The van der Waals surface area contributed by atoms with E-state index in [1.54, 1.807) is 24.3 Å². The molecule has 8 nitrogen and oxygen atoms in total. The molecule has 1 N–H and O–H groups in total. The number of carbonyl (C=O) groups excluding carboxylic acids is 2. The summed E-state index contributed by atoms with van der Waals surface area (Å²) in [5, 5.41) is 3.02. The minimum absolute atomic E-state index is 0.0391. The average molecular weight is 725 g/mol. The van der Waals surface area contributed by atoms with Crippen molar-refractivity contribution < 1.29 is 27.1 Å². The predicted octanol–water partition coefficient (Wildman–Crippen LogP) is 6.74. The van der Waals surface area contributed by atoms with Crippen LogP contribution in [0.1, 0.15) is 38.3 Å². The molecular formula is C36H39BrFN3O5S. The van der Waals surface area contributed by atoms with Gasteiger partial charge >= 0.3 is 0 Å². The van der Waals surface area contributed by atoms with Crippen LogP contribution in [0.5, 0.6) is 5.75 Å². The molecule has 47 heavy (non-hydrogen) atoms. The quantitative estimate of drug-likeness (QED) is 0.147. The Balaban J connectivity index is 1.81. The number of carbonyl (C=O) groups is 2. The molecule has 0 aliphatic rings. The van der Waals surface area contributed by atoms with E-state index in [-0.39, 0.29) is 35.5 Å². The number of nitrogens with zero attached hydrogens (tertiary/aromatic N) is 2. The van der Waals surface area contributed by atoms with Gasteiger partial charge in [0, 0.05) is 23.5 Å². The molecular weight excluding hydrogens is 685 g/mol. The van der Waals surface area contributed by atoms with Gasteiger partial charge in [0.1, 0.15) is 24.2 Å².